The molecule has 1 heteroatoms. The molecule has 1 aliphatic rings. The van der Waals surface area contributed by atoms with Gasteiger partial charge in [0.05, 0.1) is 0 Å². The molecule has 8 heavy (non-hydrogen) atoms. The molecule has 0 aromatic rings. The van der Waals surface area contributed by atoms with Gasteiger partial charge in [0.15, 0.2) is 0 Å². The Bertz CT molecular complexity index is 112. The van der Waals surface area contributed by atoms with Crippen LogP contribution in [0.4, 0.5) is 0 Å². The van der Waals surface area contributed by atoms with Crippen molar-refractivity contribution in [3.63, 3.8) is 0 Å². The van der Waals surface area contributed by atoms with E-state index in [0.717, 1.165) is 0 Å². The van der Waals surface area contributed by atoms with Gasteiger partial charge in [0.25, 0.3) is 0 Å². The second-order valence-electron chi connectivity index (χ2n) is 1.81. The van der Waals surface area contributed by atoms with Crippen molar-refractivity contribution in [3.05, 3.63) is 23.8 Å². The topological polar surface area (TPSA) is 0 Å². The summed E-state index contributed by atoms with van der Waals surface area (Å²) in [5.41, 5.74) is 1.56. The zero-order valence-corrected chi connectivity index (χ0v) is 4.65. The molecule has 0 saturated carbocycles. The zero-order chi connectivity index (χ0) is 5.11. The Morgan fingerprint density at radius 3 is 2.62 bits per heavy atom. The van der Waals surface area contributed by atoms with Crippen LogP contribution in [0.15, 0.2) is 23.8 Å². The molecule has 0 nitrogen and oxygen atoms in total. The Kier molecular flexibility index (Phi) is 4.05. The van der Waals surface area contributed by atoms with Crippen LogP contribution in [-0.4, -0.2) is 18.9 Å². The summed E-state index contributed by atoms with van der Waals surface area (Å²) >= 11 is 0. The molecule has 0 aromatic carbocycles. The van der Waals surface area contributed by atoms with Gasteiger partial charge in [-0.15, -0.1) is 0 Å². The minimum absolute atomic E-state index is 0. The Balaban J connectivity index is 0.000000490. The molecule has 0 fully saturated rings. The van der Waals surface area contributed by atoms with Gasteiger partial charge >= 0.3 is 18.9 Å². The fraction of sp³-hybridized carbons (Fsp3) is 0.429. The second kappa shape index (κ2) is 4.01. The molecule has 0 aromatic heterocycles. The van der Waals surface area contributed by atoms with Gasteiger partial charge in [-0.2, -0.15) is 0 Å². The minimum atomic E-state index is 0. The van der Waals surface area contributed by atoms with E-state index < -0.39 is 0 Å². The van der Waals surface area contributed by atoms with Crippen molar-refractivity contribution in [2.75, 3.05) is 0 Å². The molecule has 1 rings (SSSR count). The van der Waals surface area contributed by atoms with E-state index in [2.05, 4.69) is 25.2 Å². The fourth-order valence-electron chi connectivity index (χ4n) is 0.754. The standard InChI is InChI=1S/C7H10.Li.H/c1-2-7-5-3-4-6-7;;/h3-5H,2,6H2,1H3;;. The molecular weight excluding hydrogens is 91.0 g/mol. The van der Waals surface area contributed by atoms with Crippen molar-refractivity contribution in [2.24, 2.45) is 0 Å². The van der Waals surface area contributed by atoms with Crippen molar-refractivity contribution < 1.29 is 0 Å². The molecule has 0 bridgehead atoms. The van der Waals surface area contributed by atoms with Gasteiger partial charge < -0.3 is 0 Å². The molecule has 1 aliphatic carbocycles. The van der Waals surface area contributed by atoms with E-state index in [1.807, 2.05) is 0 Å². The van der Waals surface area contributed by atoms with Crippen LogP contribution in [0.2, 0.25) is 0 Å². The summed E-state index contributed by atoms with van der Waals surface area (Å²) < 4.78 is 0. The second-order valence-corrected chi connectivity index (χ2v) is 1.81. The summed E-state index contributed by atoms with van der Waals surface area (Å²) in [5, 5.41) is 0. The Morgan fingerprint density at radius 1 is 1.62 bits per heavy atom. The van der Waals surface area contributed by atoms with Crippen LogP contribution in [0, 0.1) is 0 Å². The van der Waals surface area contributed by atoms with Crippen LogP contribution in [0.5, 0.6) is 0 Å². The molecule has 0 aliphatic heterocycles. The van der Waals surface area contributed by atoms with Crippen LogP contribution < -0.4 is 0 Å². The molecule has 0 radical (unpaired) electrons. The van der Waals surface area contributed by atoms with E-state index in [-0.39, 0.29) is 18.9 Å². The van der Waals surface area contributed by atoms with Crippen molar-refractivity contribution in [1.82, 2.24) is 0 Å². The van der Waals surface area contributed by atoms with Gasteiger partial charge in [0, 0.05) is 0 Å². The van der Waals surface area contributed by atoms with Gasteiger partial charge in [-0.3, -0.25) is 0 Å². The first-order valence-corrected chi connectivity index (χ1v) is 2.78. The first-order chi connectivity index (χ1) is 3.43. The summed E-state index contributed by atoms with van der Waals surface area (Å²) in [6.07, 6.45) is 8.92. The summed E-state index contributed by atoms with van der Waals surface area (Å²) in [6, 6.07) is 0. The van der Waals surface area contributed by atoms with Gasteiger partial charge in [0.2, 0.25) is 0 Å². The fourth-order valence-corrected chi connectivity index (χ4v) is 0.754. The molecule has 0 heterocycles. The maximum absolute atomic E-state index is 2.19. The van der Waals surface area contributed by atoms with Crippen molar-refractivity contribution in [1.29, 1.82) is 0 Å². The average molecular weight is 102 g/mol. The SMILES string of the molecule is CCC1=CC=CC1.[LiH]. The average Bonchev–Trinajstić information content (AvgIpc) is 2.14. The third-order valence-corrected chi connectivity index (χ3v) is 1.30. The van der Waals surface area contributed by atoms with Crippen LogP contribution in [-0.2, 0) is 0 Å². The Hall–Kier alpha value is 0.0774. The van der Waals surface area contributed by atoms with Crippen molar-refractivity contribution in [3.8, 4) is 0 Å². The van der Waals surface area contributed by atoms with Crippen LogP contribution in [0.1, 0.15) is 19.8 Å². The molecule has 40 valence electrons. The number of allylic oxidation sites excluding steroid dienone is 4. The monoisotopic (exact) mass is 102 g/mol. The van der Waals surface area contributed by atoms with E-state index in [0.29, 0.717) is 0 Å². The van der Waals surface area contributed by atoms with Crippen LogP contribution in [0.3, 0.4) is 0 Å². The quantitative estimate of drug-likeness (QED) is 0.441. The number of rotatable bonds is 1. The van der Waals surface area contributed by atoms with Crippen LogP contribution in [0.25, 0.3) is 0 Å². The molecule has 0 unspecified atom stereocenters. The molecular formula is C7H11Li. The van der Waals surface area contributed by atoms with Gasteiger partial charge in [-0.25, -0.2) is 0 Å². The van der Waals surface area contributed by atoms with E-state index in [4.69, 9.17) is 0 Å². The van der Waals surface area contributed by atoms with Gasteiger partial charge in [-0.1, -0.05) is 30.7 Å². The third kappa shape index (κ3) is 1.90. The summed E-state index contributed by atoms with van der Waals surface area (Å²) in [5.74, 6) is 0. The first-order valence-electron chi connectivity index (χ1n) is 2.78. The zero-order valence-electron chi connectivity index (χ0n) is 4.65. The van der Waals surface area contributed by atoms with Crippen LogP contribution >= 0.6 is 0 Å². The van der Waals surface area contributed by atoms with E-state index in [1.54, 1.807) is 5.57 Å². The van der Waals surface area contributed by atoms with Gasteiger partial charge in [-0.05, 0) is 12.8 Å². The normalized spacial score (nSPS) is 15.4. The summed E-state index contributed by atoms with van der Waals surface area (Å²) in [6.45, 7) is 2.19. The van der Waals surface area contributed by atoms with E-state index in [1.165, 1.54) is 12.8 Å². The van der Waals surface area contributed by atoms with Crippen molar-refractivity contribution in [2.45, 2.75) is 19.8 Å². The Morgan fingerprint density at radius 2 is 2.38 bits per heavy atom. The Labute approximate surface area is 62.8 Å². The molecule has 0 atom stereocenters. The molecule has 0 amide bonds. The number of hydrogen-bond acceptors (Lipinski definition) is 0. The van der Waals surface area contributed by atoms with E-state index in [9.17, 15) is 0 Å². The summed E-state index contributed by atoms with van der Waals surface area (Å²) in [4.78, 5) is 0. The van der Waals surface area contributed by atoms with Crippen molar-refractivity contribution >= 4 is 18.9 Å². The maximum atomic E-state index is 2.19. The summed E-state index contributed by atoms with van der Waals surface area (Å²) in [7, 11) is 0. The van der Waals surface area contributed by atoms with E-state index >= 15 is 0 Å². The number of hydrogen-bond donors (Lipinski definition) is 0. The first kappa shape index (κ1) is 8.08. The molecule has 0 spiro atoms. The molecule has 0 saturated heterocycles. The predicted octanol–water partition coefficient (Wildman–Crippen LogP) is 1.63. The third-order valence-electron chi connectivity index (χ3n) is 1.30. The predicted molar refractivity (Wildman–Crippen MR) is 39.3 cm³/mol. The molecule has 0 N–H and O–H groups in total. The van der Waals surface area contributed by atoms with Gasteiger partial charge in [0.1, 0.15) is 0 Å².